The number of fused-ring (bicyclic) bond motifs is 3. The highest BCUT2D eigenvalue weighted by Crippen LogP contribution is 2.23. The molecule has 20 heavy (non-hydrogen) atoms. The van der Waals surface area contributed by atoms with Crippen LogP contribution in [0.3, 0.4) is 0 Å². The van der Waals surface area contributed by atoms with Crippen molar-refractivity contribution < 1.29 is 0 Å². The van der Waals surface area contributed by atoms with E-state index in [1.165, 1.54) is 16.9 Å². The van der Waals surface area contributed by atoms with Gasteiger partial charge in [-0.05, 0) is 18.4 Å². The van der Waals surface area contributed by atoms with Crippen molar-refractivity contribution in [3.63, 3.8) is 0 Å². The Morgan fingerprint density at radius 2 is 1.95 bits per heavy atom. The summed E-state index contributed by atoms with van der Waals surface area (Å²) in [5.41, 5.74) is 2.89. The Morgan fingerprint density at radius 3 is 2.75 bits per heavy atom. The van der Waals surface area contributed by atoms with E-state index in [1.807, 2.05) is 47.0 Å². The van der Waals surface area contributed by atoms with Crippen LogP contribution in [-0.2, 0) is 0 Å². The van der Waals surface area contributed by atoms with Gasteiger partial charge in [0.2, 0.25) is 5.78 Å². The summed E-state index contributed by atoms with van der Waals surface area (Å²) in [7, 11) is 0. The van der Waals surface area contributed by atoms with Crippen LogP contribution in [0.5, 0.6) is 0 Å². The van der Waals surface area contributed by atoms with Gasteiger partial charge in [-0.2, -0.15) is 0 Å². The van der Waals surface area contributed by atoms with Crippen molar-refractivity contribution in [2.75, 3.05) is 0 Å². The van der Waals surface area contributed by atoms with E-state index in [0.717, 1.165) is 16.9 Å². The first-order valence-corrected chi connectivity index (χ1v) is 7.04. The molecule has 0 unspecified atom stereocenters. The summed E-state index contributed by atoms with van der Waals surface area (Å²) in [6.45, 7) is 2.04. The normalized spacial score (nSPS) is 11.4. The number of aryl methyl sites for hydroxylation is 1. The van der Waals surface area contributed by atoms with Crippen molar-refractivity contribution in [2.45, 2.75) is 6.92 Å². The molecule has 0 saturated heterocycles. The van der Waals surface area contributed by atoms with Crippen molar-refractivity contribution in [3.8, 4) is 11.4 Å². The summed E-state index contributed by atoms with van der Waals surface area (Å²) in [4.78, 5) is 14.7. The zero-order valence-corrected chi connectivity index (χ0v) is 11.4. The number of thiophene rings is 1. The van der Waals surface area contributed by atoms with E-state index in [2.05, 4.69) is 15.2 Å². The lowest BCUT2D eigenvalue weighted by molar-refractivity contribution is 1.09. The number of nitrogens with one attached hydrogen (secondary N) is 1. The molecule has 3 heterocycles. The SMILES string of the molecule is Cc1ccc(-c2nnc3[nH]c(=O)c4sccc4n23)cc1. The van der Waals surface area contributed by atoms with Crippen LogP contribution < -0.4 is 5.56 Å². The van der Waals surface area contributed by atoms with Crippen molar-refractivity contribution in [1.29, 1.82) is 0 Å². The molecule has 4 aromatic rings. The highest BCUT2D eigenvalue weighted by molar-refractivity contribution is 7.17. The van der Waals surface area contributed by atoms with Gasteiger partial charge in [0, 0.05) is 5.56 Å². The first kappa shape index (κ1) is 11.4. The first-order chi connectivity index (χ1) is 9.74. The highest BCUT2D eigenvalue weighted by Gasteiger charge is 2.13. The van der Waals surface area contributed by atoms with E-state index < -0.39 is 0 Å². The number of nitrogens with zero attached hydrogens (tertiary/aromatic N) is 3. The fourth-order valence-corrected chi connectivity index (χ4v) is 3.06. The fourth-order valence-electron chi connectivity index (χ4n) is 2.29. The topological polar surface area (TPSA) is 63.0 Å². The Kier molecular flexibility index (Phi) is 2.28. The van der Waals surface area contributed by atoms with E-state index in [0.29, 0.717) is 10.5 Å². The standard InChI is InChI=1S/C14H10N4OS/c1-8-2-4-9(5-3-8)12-16-17-14-15-13(19)11-10(18(12)14)6-7-20-11/h2-7H,1H3,(H,15,17,19). The third-order valence-electron chi connectivity index (χ3n) is 3.29. The number of hydrogen-bond donors (Lipinski definition) is 1. The van der Waals surface area contributed by atoms with Gasteiger partial charge in [0.1, 0.15) is 4.70 Å². The van der Waals surface area contributed by atoms with Crippen molar-refractivity contribution >= 4 is 27.3 Å². The zero-order valence-electron chi connectivity index (χ0n) is 10.6. The minimum absolute atomic E-state index is 0.120. The molecule has 3 aromatic heterocycles. The Balaban J connectivity index is 2.13. The van der Waals surface area contributed by atoms with E-state index in [9.17, 15) is 4.79 Å². The first-order valence-electron chi connectivity index (χ1n) is 6.16. The monoisotopic (exact) mass is 282 g/mol. The van der Waals surface area contributed by atoms with Crippen LogP contribution >= 0.6 is 11.3 Å². The lowest BCUT2D eigenvalue weighted by Gasteiger charge is -2.02. The maximum atomic E-state index is 11.9. The van der Waals surface area contributed by atoms with Gasteiger partial charge in [-0.1, -0.05) is 29.8 Å². The number of H-pyrrole nitrogens is 1. The quantitative estimate of drug-likeness (QED) is 0.583. The molecule has 0 aliphatic carbocycles. The number of aromatic nitrogens is 4. The molecule has 0 spiro atoms. The van der Waals surface area contributed by atoms with Gasteiger partial charge in [-0.25, -0.2) is 0 Å². The maximum Gasteiger partial charge on any atom is 0.270 e. The third-order valence-corrected chi connectivity index (χ3v) is 4.19. The molecule has 4 rings (SSSR count). The molecular formula is C14H10N4OS. The molecule has 0 saturated carbocycles. The summed E-state index contributed by atoms with van der Waals surface area (Å²) in [5, 5.41) is 10.2. The van der Waals surface area contributed by atoms with Crippen LogP contribution in [0.1, 0.15) is 5.56 Å². The van der Waals surface area contributed by atoms with Gasteiger partial charge in [-0.15, -0.1) is 21.5 Å². The molecule has 0 aliphatic rings. The average Bonchev–Trinajstić information content (AvgIpc) is 3.05. The lowest BCUT2D eigenvalue weighted by atomic mass is 10.1. The average molecular weight is 282 g/mol. The Bertz CT molecular complexity index is 978. The van der Waals surface area contributed by atoms with Crippen LogP contribution in [0.4, 0.5) is 0 Å². The molecular weight excluding hydrogens is 272 g/mol. The van der Waals surface area contributed by atoms with E-state index in [-0.39, 0.29) is 5.56 Å². The van der Waals surface area contributed by atoms with Crippen molar-refractivity contribution in [3.05, 3.63) is 51.6 Å². The van der Waals surface area contributed by atoms with Gasteiger partial charge in [0.15, 0.2) is 5.82 Å². The number of aromatic amines is 1. The molecule has 98 valence electrons. The second kappa shape index (κ2) is 4.01. The summed E-state index contributed by atoms with van der Waals surface area (Å²) in [5.74, 6) is 1.20. The zero-order chi connectivity index (χ0) is 13.7. The molecule has 0 fully saturated rings. The molecule has 6 heteroatoms. The van der Waals surface area contributed by atoms with Gasteiger partial charge in [0.25, 0.3) is 5.56 Å². The fraction of sp³-hybridized carbons (Fsp3) is 0.0714. The van der Waals surface area contributed by atoms with Crippen molar-refractivity contribution in [1.82, 2.24) is 19.6 Å². The number of hydrogen-bond acceptors (Lipinski definition) is 4. The Morgan fingerprint density at radius 1 is 1.15 bits per heavy atom. The predicted octanol–water partition coefficient (Wildman–Crippen LogP) is 2.61. The van der Waals surface area contributed by atoms with Gasteiger partial charge in [-0.3, -0.25) is 14.2 Å². The maximum absolute atomic E-state index is 11.9. The smallest absolute Gasteiger partial charge is 0.270 e. The molecule has 0 aliphatic heterocycles. The van der Waals surface area contributed by atoms with Crippen LogP contribution in [0.25, 0.3) is 27.4 Å². The molecule has 0 amide bonds. The van der Waals surface area contributed by atoms with Crippen LogP contribution in [0.15, 0.2) is 40.5 Å². The van der Waals surface area contributed by atoms with Crippen LogP contribution in [-0.4, -0.2) is 19.6 Å². The summed E-state index contributed by atoms with van der Waals surface area (Å²) in [6, 6.07) is 10.0. The van der Waals surface area contributed by atoms with Crippen molar-refractivity contribution in [2.24, 2.45) is 0 Å². The molecule has 5 nitrogen and oxygen atoms in total. The van der Waals surface area contributed by atoms with E-state index in [4.69, 9.17) is 0 Å². The lowest BCUT2D eigenvalue weighted by Crippen LogP contribution is -2.08. The van der Waals surface area contributed by atoms with Gasteiger partial charge in [0.05, 0.1) is 5.52 Å². The highest BCUT2D eigenvalue weighted by atomic mass is 32.1. The minimum Gasteiger partial charge on any atom is -0.289 e. The van der Waals surface area contributed by atoms with E-state index >= 15 is 0 Å². The molecule has 0 radical (unpaired) electrons. The van der Waals surface area contributed by atoms with Crippen LogP contribution in [0, 0.1) is 6.92 Å². The second-order valence-corrected chi connectivity index (χ2v) is 5.55. The summed E-state index contributed by atoms with van der Waals surface area (Å²) >= 11 is 1.42. The van der Waals surface area contributed by atoms with Gasteiger partial charge < -0.3 is 0 Å². The largest absolute Gasteiger partial charge is 0.289 e. The molecule has 1 N–H and O–H groups in total. The minimum atomic E-state index is -0.120. The molecule has 1 aromatic carbocycles. The van der Waals surface area contributed by atoms with E-state index in [1.54, 1.807) is 0 Å². The Labute approximate surface area is 117 Å². The number of rotatable bonds is 1. The Hall–Kier alpha value is -2.47. The summed E-state index contributed by atoms with van der Waals surface area (Å²) < 4.78 is 2.57. The number of benzene rings is 1. The summed E-state index contributed by atoms with van der Waals surface area (Å²) in [6.07, 6.45) is 0. The van der Waals surface area contributed by atoms with Gasteiger partial charge >= 0.3 is 0 Å². The molecule has 0 atom stereocenters. The van der Waals surface area contributed by atoms with Crippen LogP contribution in [0.2, 0.25) is 0 Å². The third kappa shape index (κ3) is 1.51. The predicted molar refractivity (Wildman–Crippen MR) is 79.2 cm³/mol. The second-order valence-electron chi connectivity index (χ2n) is 4.64. The molecule has 0 bridgehead atoms.